The van der Waals surface area contributed by atoms with Gasteiger partial charge in [-0.2, -0.15) is 0 Å². The maximum Gasteiger partial charge on any atom is 0.240 e. The van der Waals surface area contributed by atoms with E-state index in [0.29, 0.717) is 10.6 Å². The maximum atomic E-state index is 11.1. The Morgan fingerprint density at radius 2 is 2.25 bits per heavy atom. The number of nitrogens with one attached hydrogen (secondary N) is 1. The Labute approximate surface area is 73.3 Å². The number of rotatable bonds is 0. The molecule has 0 saturated heterocycles. The van der Waals surface area contributed by atoms with Gasteiger partial charge >= 0.3 is 0 Å². The van der Waals surface area contributed by atoms with Crippen LogP contribution in [0.3, 0.4) is 0 Å². The van der Waals surface area contributed by atoms with Crippen LogP contribution in [0.5, 0.6) is 0 Å². The van der Waals surface area contributed by atoms with Crippen molar-refractivity contribution in [3.8, 4) is 0 Å². The number of carbonyl (C=O) groups is 1. The highest BCUT2D eigenvalue weighted by Crippen LogP contribution is 2.28. The Morgan fingerprint density at radius 1 is 1.50 bits per heavy atom. The first-order valence-corrected chi connectivity index (χ1v) is 5.73. The van der Waals surface area contributed by atoms with Crippen molar-refractivity contribution >= 4 is 32.1 Å². The third kappa shape index (κ3) is 1.12. The molecule has 0 unspecified atom stereocenters. The SMILES string of the molecule is O=C1CS(=O)(=O)Nc2sccc21. The van der Waals surface area contributed by atoms with E-state index in [-0.39, 0.29) is 5.78 Å². The summed E-state index contributed by atoms with van der Waals surface area (Å²) in [7, 11) is -3.40. The summed E-state index contributed by atoms with van der Waals surface area (Å²) in [4.78, 5) is 11.1. The molecule has 64 valence electrons. The second-order valence-corrected chi connectivity index (χ2v) is 5.09. The first-order chi connectivity index (χ1) is 5.58. The minimum Gasteiger partial charge on any atom is -0.293 e. The van der Waals surface area contributed by atoms with Crippen molar-refractivity contribution < 1.29 is 13.2 Å². The molecule has 0 fully saturated rings. The van der Waals surface area contributed by atoms with Crippen LogP contribution in [0.25, 0.3) is 0 Å². The van der Waals surface area contributed by atoms with Gasteiger partial charge in [0.15, 0.2) is 5.78 Å². The Balaban J connectivity index is 2.60. The van der Waals surface area contributed by atoms with Crippen LogP contribution in [0.15, 0.2) is 11.4 Å². The summed E-state index contributed by atoms with van der Waals surface area (Å²) in [5.74, 6) is -0.763. The first-order valence-electron chi connectivity index (χ1n) is 3.20. The molecule has 0 spiro atoms. The largest absolute Gasteiger partial charge is 0.293 e. The van der Waals surface area contributed by atoms with Gasteiger partial charge in [-0.3, -0.25) is 9.52 Å². The van der Waals surface area contributed by atoms with Gasteiger partial charge in [0.2, 0.25) is 10.0 Å². The fourth-order valence-electron chi connectivity index (χ4n) is 1.04. The lowest BCUT2D eigenvalue weighted by Gasteiger charge is -2.12. The lowest BCUT2D eigenvalue weighted by atomic mass is 10.2. The number of carbonyl (C=O) groups excluding carboxylic acids is 1. The van der Waals surface area contributed by atoms with Gasteiger partial charge < -0.3 is 0 Å². The summed E-state index contributed by atoms with van der Waals surface area (Å²) in [6.07, 6.45) is 0. The number of hydrogen-bond donors (Lipinski definition) is 1. The molecule has 0 radical (unpaired) electrons. The molecular weight excluding hydrogens is 198 g/mol. The molecule has 1 N–H and O–H groups in total. The number of thiophene rings is 1. The molecule has 12 heavy (non-hydrogen) atoms. The topological polar surface area (TPSA) is 63.2 Å². The van der Waals surface area contributed by atoms with Gasteiger partial charge in [0.05, 0.1) is 5.56 Å². The summed E-state index contributed by atoms with van der Waals surface area (Å²) in [6.45, 7) is 0. The van der Waals surface area contributed by atoms with E-state index >= 15 is 0 Å². The Bertz CT molecular complexity index is 431. The molecule has 0 saturated carbocycles. The molecule has 0 aliphatic carbocycles. The number of Topliss-reactive ketones (excluding diaryl/α,β-unsaturated/α-hetero) is 1. The molecule has 4 nitrogen and oxygen atoms in total. The molecule has 0 atom stereocenters. The molecule has 1 aliphatic heterocycles. The zero-order chi connectivity index (χ0) is 8.77. The molecule has 6 heteroatoms. The van der Waals surface area contributed by atoms with Gasteiger partial charge in [-0.05, 0) is 11.4 Å². The summed E-state index contributed by atoms with van der Waals surface area (Å²) in [5, 5.41) is 2.13. The van der Waals surface area contributed by atoms with E-state index < -0.39 is 15.8 Å². The minimum absolute atomic E-state index is 0.329. The van der Waals surface area contributed by atoms with Gasteiger partial charge in [-0.1, -0.05) is 0 Å². The van der Waals surface area contributed by atoms with Crippen molar-refractivity contribution in [3.63, 3.8) is 0 Å². The average molecular weight is 203 g/mol. The van der Waals surface area contributed by atoms with Crippen molar-refractivity contribution in [2.45, 2.75) is 0 Å². The van der Waals surface area contributed by atoms with Crippen LogP contribution in [0.1, 0.15) is 10.4 Å². The van der Waals surface area contributed by atoms with E-state index in [0.717, 1.165) is 0 Å². The quantitative estimate of drug-likeness (QED) is 0.674. The zero-order valence-electron chi connectivity index (χ0n) is 5.90. The second kappa shape index (κ2) is 2.30. The van der Waals surface area contributed by atoms with Crippen LogP contribution in [-0.4, -0.2) is 20.0 Å². The lowest BCUT2D eigenvalue weighted by Crippen LogP contribution is -2.27. The molecule has 1 aliphatic rings. The summed E-state index contributed by atoms with van der Waals surface area (Å²) in [6, 6.07) is 1.63. The Kier molecular flexibility index (Phi) is 1.49. The van der Waals surface area contributed by atoms with E-state index in [1.165, 1.54) is 11.3 Å². The van der Waals surface area contributed by atoms with E-state index in [9.17, 15) is 13.2 Å². The fraction of sp³-hybridized carbons (Fsp3) is 0.167. The van der Waals surface area contributed by atoms with Crippen LogP contribution < -0.4 is 4.72 Å². The Morgan fingerprint density at radius 3 is 3.00 bits per heavy atom. The summed E-state index contributed by atoms with van der Waals surface area (Å²) >= 11 is 1.22. The van der Waals surface area contributed by atoms with Crippen molar-refractivity contribution in [2.24, 2.45) is 0 Å². The molecule has 2 rings (SSSR count). The molecule has 2 heterocycles. The number of hydrogen-bond acceptors (Lipinski definition) is 4. The first kappa shape index (κ1) is 7.75. The third-order valence-corrected chi connectivity index (χ3v) is 3.65. The number of fused-ring (bicyclic) bond motifs is 1. The molecule has 1 aromatic rings. The van der Waals surface area contributed by atoms with Gasteiger partial charge in [-0.15, -0.1) is 11.3 Å². The number of anilines is 1. The molecule has 1 aromatic heterocycles. The standard InChI is InChI=1S/C6H5NO3S2/c8-5-3-12(9,10)7-6-4(5)1-2-11-6/h1-2,7H,3H2. The van der Waals surface area contributed by atoms with Gasteiger partial charge in [0, 0.05) is 0 Å². The van der Waals surface area contributed by atoms with Crippen LogP contribution in [0, 0.1) is 0 Å². The second-order valence-electron chi connectivity index (χ2n) is 2.45. The number of ketones is 1. The van der Waals surface area contributed by atoms with Gasteiger partial charge in [0.1, 0.15) is 10.8 Å². The predicted octanol–water partition coefficient (Wildman–Crippen LogP) is 0.686. The van der Waals surface area contributed by atoms with Crippen molar-refractivity contribution in [1.82, 2.24) is 0 Å². The predicted molar refractivity (Wildman–Crippen MR) is 46.1 cm³/mol. The van der Waals surface area contributed by atoms with E-state index in [2.05, 4.69) is 4.72 Å². The van der Waals surface area contributed by atoms with E-state index in [4.69, 9.17) is 0 Å². The lowest BCUT2D eigenvalue weighted by molar-refractivity contribution is 0.102. The van der Waals surface area contributed by atoms with Crippen LogP contribution in [0.2, 0.25) is 0 Å². The summed E-state index contributed by atoms with van der Waals surface area (Å²) < 4.78 is 24.3. The van der Waals surface area contributed by atoms with Crippen LogP contribution in [-0.2, 0) is 10.0 Å². The normalized spacial score (nSPS) is 19.8. The zero-order valence-corrected chi connectivity index (χ0v) is 7.54. The van der Waals surface area contributed by atoms with Crippen LogP contribution in [0.4, 0.5) is 5.00 Å². The highest BCUT2D eigenvalue weighted by molar-refractivity contribution is 7.93. The van der Waals surface area contributed by atoms with E-state index in [1.807, 2.05) is 0 Å². The fourth-order valence-corrected chi connectivity index (χ4v) is 3.22. The molecule has 0 amide bonds. The average Bonchev–Trinajstić information content (AvgIpc) is 2.31. The van der Waals surface area contributed by atoms with Gasteiger partial charge in [-0.25, -0.2) is 8.42 Å². The molecule has 0 bridgehead atoms. The van der Waals surface area contributed by atoms with Gasteiger partial charge in [0.25, 0.3) is 0 Å². The highest BCUT2D eigenvalue weighted by Gasteiger charge is 2.27. The van der Waals surface area contributed by atoms with Crippen LogP contribution >= 0.6 is 11.3 Å². The highest BCUT2D eigenvalue weighted by atomic mass is 32.2. The van der Waals surface area contributed by atoms with Crippen molar-refractivity contribution in [2.75, 3.05) is 10.5 Å². The van der Waals surface area contributed by atoms with Crippen molar-refractivity contribution in [1.29, 1.82) is 0 Å². The Hall–Kier alpha value is -0.880. The maximum absolute atomic E-state index is 11.1. The minimum atomic E-state index is -3.40. The van der Waals surface area contributed by atoms with E-state index in [1.54, 1.807) is 11.4 Å². The smallest absolute Gasteiger partial charge is 0.240 e. The molecule has 0 aromatic carbocycles. The monoisotopic (exact) mass is 203 g/mol. The number of sulfonamides is 1. The third-order valence-electron chi connectivity index (χ3n) is 1.53. The van der Waals surface area contributed by atoms with Crippen molar-refractivity contribution in [3.05, 3.63) is 17.0 Å². The summed E-state index contributed by atoms with van der Waals surface area (Å²) in [5.41, 5.74) is 0.481. The molecular formula is C6H5NO3S2.